The first-order chi connectivity index (χ1) is 14.2. The van der Waals surface area contributed by atoms with Crippen LogP contribution in [0.5, 0.6) is 5.75 Å². The summed E-state index contributed by atoms with van der Waals surface area (Å²) in [5.41, 5.74) is 1.91. The molecule has 148 valence electrons. The molecule has 0 spiro atoms. The van der Waals surface area contributed by atoms with E-state index in [1.54, 1.807) is 19.2 Å². The fourth-order valence-electron chi connectivity index (χ4n) is 3.49. The first-order valence-corrected chi connectivity index (χ1v) is 9.28. The van der Waals surface area contributed by atoms with Crippen molar-refractivity contribution in [1.82, 2.24) is 25.5 Å². The zero-order valence-electron chi connectivity index (χ0n) is 15.9. The highest BCUT2D eigenvalue weighted by Gasteiger charge is 2.22. The normalized spacial score (nSPS) is 14.4. The highest BCUT2D eigenvalue weighted by molar-refractivity contribution is 5.71. The summed E-state index contributed by atoms with van der Waals surface area (Å²) in [5, 5.41) is 13.4. The predicted molar refractivity (Wildman–Crippen MR) is 107 cm³/mol. The molecule has 0 aliphatic carbocycles. The SMILES string of the molecule is [C-]#[N+]c1cnc(Nc2cc(-c3cc(F)c(C4CCNCC4)cc3OC)[nH]n2)cn1. The number of halogens is 1. The van der Waals surface area contributed by atoms with Gasteiger partial charge < -0.3 is 20.2 Å². The summed E-state index contributed by atoms with van der Waals surface area (Å²) in [7, 11) is 1.58. The summed E-state index contributed by atoms with van der Waals surface area (Å²) in [6.45, 7) is 8.69. The second kappa shape index (κ2) is 8.24. The molecule has 1 aliphatic heterocycles. The fraction of sp³-hybridized carbons (Fsp3) is 0.300. The Hall–Kier alpha value is -3.51. The molecular weight excluding hydrogens is 373 g/mol. The molecule has 4 rings (SSSR count). The maximum Gasteiger partial charge on any atom is 0.288 e. The maximum atomic E-state index is 14.9. The van der Waals surface area contributed by atoms with Crippen LogP contribution in [0, 0.1) is 12.4 Å². The Labute approximate surface area is 167 Å². The zero-order valence-corrected chi connectivity index (χ0v) is 15.9. The highest BCUT2D eigenvalue weighted by atomic mass is 19.1. The van der Waals surface area contributed by atoms with Gasteiger partial charge in [0.05, 0.1) is 19.0 Å². The van der Waals surface area contributed by atoms with Gasteiger partial charge in [0, 0.05) is 11.6 Å². The summed E-state index contributed by atoms with van der Waals surface area (Å²) >= 11 is 0. The van der Waals surface area contributed by atoms with Crippen LogP contribution in [-0.2, 0) is 0 Å². The van der Waals surface area contributed by atoms with Crippen molar-refractivity contribution >= 4 is 17.5 Å². The van der Waals surface area contributed by atoms with Gasteiger partial charge in [0.15, 0.2) is 17.8 Å². The van der Waals surface area contributed by atoms with E-state index in [1.165, 1.54) is 18.5 Å². The Morgan fingerprint density at radius 3 is 2.69 bits per heavy atom. The number of anilines is 2. The van der Waals surface area contributed by atoms with E-state index in [1.807, 2.05) is 0 Å². The van der Waals surface area contributed by atoms with Gasteiger partial charge >= 0.3 is 0 Å². The zero-order chi connectivity index (χ0) is 20.2. The van der Waals surface area contributed by atoms with Gasteiger partial charge in [-0.25, -0.2) is 9.37 Å². The summed E-state index contributed by atoms with van der Waals surface area (Å²) < 4.78 is 20.4. The van der Waals surface area contributed by atoms with E-state index in [9.17, 15) is 4.39 Å². The Morgan fingerprint density at radius 2 is 2.00 bits per heavy atom. The van der Waals surface area contributed by atoms with Crippen LogP contribution in [-0.4, -0.2) is 40.4 Å². The lowest BCUT2D eigenvalue weighted by Crippen LogP contribution is -2.27. The molecule has 0 saturated carbocycles. The van der Waals surface area contributed by atoms with Crippen LogP contribution in [0.3, 0.4) is 0 Å². The van der Waals surface area contributed by atoms with Crippen LogP contribution < -0.4 is 15.4 Å². The molecule has 3 heterocycles. The maximum absolute atomic E-state index is 14.9. The number of hydrogen-bond acceptors (Lipinski definition) is 6. The van der Waals surface area contributed by atoms with Crippen LogP contribution in [0.4, 0.5) is 21.8 Å². The second-order valence-electron chi connectivity index (χ2n) is 6.76. The van der Waals surface area contributed by atoms with E-state index >= 15 is 0 Å². The monoisotopic (exact) mass is 393 g/mol. The van der Waals surface area contributed by atoms with Gasteiger partial charge in [0.2, 0.25) is 0 Å². The molecule has 1 aliphatic rings. The molecule has 0 radical (unpaired) electrons. The van der Waals surface area contributed by atoms with Gasteiger partial charge in [-0.1, -0.05) is 6.57 Å². The minimum atomic E-state index is -0.239. The minimum Gasteiger partial charge on any atom is -0.496 e. The number of piperidine rings is 1. The Kier molecular flexibility index (Phi) is 5.35. The van der Waals surface area contributed by atoms with E-state index in [0.29, 0.717) is 34.2 Å². The summed E-state index contributed by atoms with van der Waals surface area (Å²) in [6, 6.07) is 5.03. The lowest BCUT2D eigenvalue weighted by atomic mass is 9.88. The topological polar surface area (TPSA) is 92.1 Å². The van der Waals surface area contributed by atoms with Crippen molar-refractivity contribution in [3.8, 4) is 17.0 Å². The molecule has 1 aromatic carbocycles. The van der Waals surface area contributed by atoms with E-state index in [4.69, 9.17) is 11.3 Å². The lowest BCUT2D eigenvalue weighted by molar-refractivity contribution is 0.408. The fourth-order valence-corrected chi connectivity index (χ4v) is 3.49. The largest absolute Gasteiger partial charge is 0.496 e. The van der Waals surface area contributed by atoms with Gasteiger partial charge in [-0.3, -0.25) is 5.10 Å². The molecule has 0 bridgehead atoms. The quantitative estimate of drug-likeness (QED) is 0.572. The molecule has 3 aromatic rings. The third kappa shape index (κ3) is 4.02. The molecule has 0 unspecified atom stereocenters. The van der Waals surface area contributed by atoms with Crippen molar-refractivity contribution in [3.63, 3.8) is 0 Å². The third-order valence-corrected chi connectivity index (χ3v) is 4.97. The Bertz CT molecular complexity index is 1040. The minimum absolute atomic E-state index is 0.190. The average Bonchev–Trinajstić information content (AvgIpc) is 3.23. The van der Waals surface area contributed by atoms with Crippen LogP contribution in [0.1, 0.15) is 24.3 Å². The Morgan fingerprint density at radius 1 is 1.17 bits per heavy atom. The van der Waals surface area contributed by atoms with E-state index in [0.717, 1.165) is 25.9 Å². The number of hydrogen-bond donors (Lipinski definition) is 3. The smallest absolute Gasteiger partial charge is 0.288 e. The molecule has 3 N–H and O–H groups in total. The number of H-pyrrole nitrogens is 1. The number of aromatic amines is 1. The van der Waals surface area contributed by atoms with Gasteiger partial charge in [0.25, 0.3) is 5.82 Å². The molecule has 1 saturated heterocycles. The van der Waals surface area contributed by atoms with Crippen LogP contribution in [0.15, 0.2) is 30.6 Å². The Balaban J connectivity index is 1.59. The molecular formula is C20H20FN7O. The van der Waals surface area contributed by atoms with Gasteiger partial charge in [-0.15, -0.1) is 4.98 Å². The van der Waals surface area contributed by atoms with E-state index in [-0.39, 0.29) is 17.6 Å². The summed E-state index contributed by atoms with van der Waals surface area (Å²) in [6.07, 6.45) is 4.65. The standard InChI is InChI=1S/C20H20FN7O/c1-22-19-10-25-20(11-24-19)26-18-9-16(27-28-18)14-7-15(21)13(8-17(14)29-2)12-3-5-23-6-4-12/h7-12,23H,3-6H2,2H3,(H2,25,26,27,28). The van der Waals surface area contributed by atoms with Crippen LogP contribution >= 0.6 is 0 Å². The van der Waals surface area contributed by atoms with Crippen molar-refractivity contribution in [2.45, 2.75) is 18.8 Å². The number of methoxy groups -OCH3 is 1. The first-order valence-electron chi connectivity index (χ1n) is 9.28. The lowest BCUT2D eigenvalue weighted by Gasteiger charge is -2.24. The highest BCUT2D eigenvalue weighted by Crippen LogP contribution is 2.37. The number of nitrogens with one attached hydrogen (secondary N) is 3. The first kappa shape index (κ1) is 18.8. The summed E-state index contributed by atoms with van der Waals surface area (Å²) in [4.78, 5) is 11.3. The van der Waals surface area contributed by atoms with Crippen LogP contribution in [0.25, 0.3) is 16.1 Å². The van der Waals surface area contributed by atoms with E-state index < -0.39 is 0 Å². The number of ether oxygens (including phenoxy) is 1. The van der Waals surface area contributed by atoms with Crippen molar-refractivity contribution in [2.24, 2.45) is 0 Å². The van der Waals surface area contributed by atoms with Crippen molar-refractivity contribution in [3.05, 3.63) is 53.4 Å². The number of benzene rings is 1. The second-order valence-corrected chi connectivity index (χ2v) is 6.76. The van der Waals surface area contributed by atoms with Crippen molar-refractivity contribution in [1.29, 1.82) is 0 Å². The van der Waals surface area contributed by atoms with Crippen LogP contribution in [0.2, 0.25) is 0 Å². The molecule has 9 heteroatoms. The van der Waals surface area contributed by atoms with Crippen molar-refractivity contribution in [2.75, 3.05) is 25.5 Å². The number of nitrogens with zero attached hydrogens (tertiary/aromatic N) is 4. The average molecular weight is 393 g/mol. The van der Waals surface area contributed by atoms with Gasteiger partial charge in [0.1, 0.15) is 11.6 Å². The summed E-state index contributed by atoms with van der Waals surface area (Å²) in [5.74, 6) is 1.71. The van der Waals surface area contributed by atoms with E-state index in [2.05, 4.69) is 35.6 Å². The predicted octanol–water partition coefficient (Wildman–Crippen LogP) is 3.78. The molecule has 0 amide bonds. The molecule has 0 atom stereocenters. The molecule has 29 heavy (non-hydrogen) atoms. The number of rotatable bonds is 5. The van der Waals surface area contributed by atoms with Crippen molar-refractivity contribution < 1.29 is 9.13 Å². The molecule has 2 aromatic heterocycles. The third-order valence-electron chi connectivity index (χ3n) is 4.97. The molecule has 1 fully saturated rings. The van der Waals surface area contributed by atoms with Gasteiger partial charge in [-0.05, 0) is 49.5 Å². The van der Waals surface area contributed by atoms with Gasteiger partial charge in [-0.2, -0.15) is 5.10 Å². The molecule has 8 nitrogen and oxygen atoms in total. The number of aromatic nitrogens is 4.